The number of hydrogen-bond donors (Lipinski definition) is 1. The molecule has 26 heavy (non-hydrogen) atoms. The molecule has 2 aromatic heterocycles. The normalized spacial score (nSPS) is 15.0. The maximum absolute atomic E-state index is 12.5. The number of anilines is 1. The number of carbonyl (C=O) groups is 1. The summed E-state index contributed by atoms with van der Waals surface area (Å²) in [4.78, 5) is 23.6. The Kier molecular flexibility index (Phi) is 6.31. The molecule has 3 heterocycles. The lowest BCUT2D eigenvalue weighted by Crippen LogP contribution is -2.34. The van der Waals surface area contributed by atoms with Crippen LogP contribution in [0.2, 0.25) is 0 Å². The molecule has 0 radical (unpaired) electrons. The van der Waals surface area contributed by atoms with Gasteiger partial charge in [0.05, 0.1) is 11.5 Å². The summed E-state index contributed by atoms with van der Waals surface area (Å²) in [5.41, 5.74) is 0.559. The van der Waals surface area contributed by atoms with E-state index in [9.17, 15) is 4.79 Å². The molecule has 1 aliphatic heterocycles. The molecule has 0 atom stereocenters. The van der Waals surface area contributed by atoms with Gasteiger partial charge in [-0.3, -0.25) is 9.48 Å². The first-order chi connectivity index (χ1) is 12.5. The zero-order valence-electron chi connectivity index (χ0n) is 15.6. The van der Waals surface area contributed by atoms with Gasteiger partial charge in [-0.15, -0.1) is 0 Å². The summed E-state index contributed by atoms with van der Waals surface area (Å²) >= 11 is 1.94. The second kappa shape index (κ2) is 8.68. The third kappa shape index (κ3) is 4.64. The first-order valence-corrected chi connectivity index (χ1v) is 10.1. The second-order valence-corrected chi connectivity index (χ2v) is 7.76. The van der Waals surface area contributed by atoms with Crippen LogP contribution >= 0.6 is 11.8 Å². The van der Waals surface area contributed by atoms with Crippen molar-refractivity contribution in [3.63, 3.8) is 0 Å². The number of fused-ring (bicyclic) bond motifs is 1. The van der Waals surface area contributed by atoms with Crippen LogP contribution in [0.3, 0.4) is 0 Å². The maximum atomic E-state index is 12.5. The number of carbonyl (C=O) groups excluding carboxylic acids is 1. The number of amides is 1. The first kappa shape index (κ1) is 18.9. The van der Waals surface area contributed by atoms with Crippen molar-refractivity contribution in [2.75, 3.05) is 42.6 Å². The molecule has 0 saturated carbocycles. The van der Waals surface area contributed by atoms with Crippen molar-refractivity contribution in [1.82, 2.24) is 25.1 Å². The molecule has 2 aromatic rings. The summed E-state index contributed by atoms with van der Waals surface area (Å²) in [6.07, 6.45) is 2.87. The minimum Gasteiger partial charge on any atom is -0.379 e. The number of nitrogens with zero attached hydrogens (tertiary/aromatic N) is 5. The van der Waals surface area contributed by atoms with Crippen LogP contribution in [0, 0.1) is 0 Å². The molecule has 0 spiro atoms. The van der Waals surface area contributed by atoms with Crippen LogP contribution in [0.15, 0.2) is 6.20 Å². The van der Waals surface area contributed by atoms with Crippen molar-refractivity contribution in [1.29, 1.82) is 0 Å². The Morgan fingerprint density at radius 3 is 2.85 bits per heavy atom. The molecule has 9 heteroatoms. The van der Waals surface area contributed by atoms with Crippen LogP contribution in [0.25, 0.3) is 11.0 Å². The Labute approximate surface area is 157 Å². The molecule has 3 rings (SSSR count). The van der Waals surface area contributed by atoms with Gasteiger partial charge < -0.3 is 15.0 Å². The number of ether oxygens (including phenoxy) is 1. The van der Waals surface area contributed by atoms with E-state index in [1.54, 1.807) is 4.68 Å². The van der Waals surface area contributed by atoms with Crippen molar-refractivity contribution in [2.24, 2.45) is 7.05 Å². The molecule has 1 aliphatic rings. The Morgan fingerprint density at radius 2 is 2.12 bits per heavy atom. The number of thioether (sulfide) groups is 1. The van der Waals surface area contributed by atoms with Gasteiger partial charge in [0.15, 0.2) is 5.65 Å². The molecule has 1 fully saturated rings. The van der Waals surface area contributed by atoms with E-state index >= 15 is 0 Å². The number of aryl methyl sites for hydroxylation is 1. The Hall–Kier alpha value is -1.87. The van der Waals surface area contributed by atoms with Gasteiger partial charge in [-0.1, -0.05) is 0 Å². The highest BCUT2D eigenvalue weighted by molar-refractivity contribution is 7.99. The number of nitrogens with one attached hydrogen (secondary N) is 1. The Bertz CT molecular complexity index is 757. The number of rotatable bonds is 7. The van der Waals surface area contributed by atoms with E-state index in [0.717, 1.165) is 42.2 Å². The first-order valence-electron chi connectivity index (χ1n) is 8.98. The van der Waals surface area contributed by atoms with Gasteiger partial charge in [0.2, 0.25) is 5.82 Å². The highest BCUT2D eigenvalue weighted by atomic mass is 32.2. The van der Waals surface area contributed by atoms with E-state index in [-0.39, 0.29) is 17.8 Å². The van der Waals surface area contributed by atoms with Gasteiger partial charge >= 0.3 is 0 Å². The van der Waals surface area contributed by atoms with Gasteiger partial charge in [-0.25, -0.2) is 9.97 Å². The van der Waals surface area contributed by atoms with E-state index < -0.39 is 0 Å². The van der Waals surface area contributed by atoms with Crippen molar-refractivity contribution >= 4 is 34.5 Å². The van der Waals surface area contributed by atoms with Crippen LogP contribution in [0.1, 0.15) is 30.9 Å². The largest absolute Gasteiger partial charge is 0.379 e. The molecular formula is C17H26N6O2S. The number of hydrogen-bond acceptors (Lipinski definition) is 7. The van der Waals surface area contributed by atoms with Gasteiger partial charge in [0.25, 0.3) is 5.91 Å². The molecule has 0 unspecified atom stereocenters. The summed E-state index contributed by atoms with van der Waals surface area (Å²) in [5.74, 6) is 2.83. The zero-order chi connectivity index (χ0) is 18.5. The molecule has 142 valence electrons. The van der Waals surface area contributed by atoms with Crippen molar-refractivity contribution in [2.45, 2.75) is 26.4 Å². The van der Waals surface area contributed by atoms with Gasteiger partial charge in [-0.2, -0.15) is 16.9 Å². The number of aromatic nitrogens is 4. The molecule has 1 saturated heterocycles. The Balaban J connectivity index is 1.74. The Morgan fingerprint density at radius 1 is 1.35 bits per heavy atom. The van der Waals surface area contributed by atoms with Crippen molar-refractivity contribution < 1.29 is 9.53 Å². The van der Waals surface area contributed by atoms with Crippen LogP contribution < -0.4 is 10.2 Å². The van der Waals surface area contributed by atoms with E-state index in [1.807, 2.05) is 38.9 Å². The summed E-state index contributed by atoms with van der Waals surface area (Å²) in [5, 5.41) is 8.14. The monoisotopic (exact) mass is 378 g/mol. The van der Waals surface area contributed by atoms with Gasteiger partial charge in [0.1, 0.15) is 5.82 Å². The molecule has 1 amide bonds. The quantitative estimate of drug-likeness (QED) is 0.730. The molecule has 8 nitrogen and oxygen atoms in total. The van der Waals surface area contributed by atoms with Crippen molar-refractivity contribution in [3.05, 3.63) is 12.0 Å². The lowest BCUT2D eigenvalue weighted by molar-refractivity contribution is 0.0756. The molecular weight excluding hydrogens is 352 g/mol. The summed E-state index contributed by atoms with van der Waals surface area (Å²) in [6, 6.07) is 0. The third-order valence-corrected chi connectivity index (χ3v) is 4.99. The maximum Gasteiger partial charge on any atom is 0.289 e. The SMILES string of the molecule is CC(C)OCCCNC(=O)c1nc(N2CCSCC2)c2cn(C)nc2n1. The second-order valence-electron chi connectivity index (χ2n) is 6.54. The standard InChI is InChI=1S/C17H26N6O2S/c1-12(2)25-8-4-5-18-17(24)15-19-14-13(11-22(3)21-14)16(20-15)23-6-9-26-10-7-23/h11-12H,4-10H2,1-3H3,(H,18,24). The predicted octanol–water partition coefficient (Wildman–Crippen LogP) is 1.46. The average Bonchev–Trinajstić information content (AvgIpc) is 3.01. The van der Waals surface area contributed by atoms with Crippen LogP contribution in [-0.4, -0.2) is 69.5 Å². The minimum absolute atomic E-state index is 0.175. The fourth-order valence-electron chi connectivity index (χ4n) is 2.79. The van der Waals surface area contributed by atoms with Crippen LogP contribution in [0.5, 0.6) is 0 Å². The topological polar surface area (TPSA) is 85.2 Å². The summed E-state index contributed by atoms with van der Waals surface area (Å²) in [6.45, 7) is 6.97. The van der Waals surface area contributed by atoms with Crippen molar-refractivity contribution in [3.8, 4) is 0 Å². The molecule has 1 N–H and O–H groups in total. The average molecular weight is 379 g/mol. The van der Waals surface area contributed by atoms with E-state index in [0.29, 0.717) is 18.8 Å². The smallest absolute Gasteiger partial charge is 0.289 e. The van der Waals surface area contributed by atoms with E-state index in [1.165, 1.54) is 0 Å². The molecule has 0 bridgehead atoms. The van der Waals surface area contributed by atoms with E-state index in [2.05, 4.69) is 25.3 Å². The van der Waals surface area contributed by atoms with E-state index in [4.69, 9.17) is 4.74 Å². The highest BCUT2D eigenvalue weighted by Gasteiger charge is 2.21. The summed E-state index contributed by atoms with van der Waals surface area (Å²) in [7, 11) is 1.85. The fourth-order valence-corrected chi connectivity index (χ4v) is 3.70. The van der Waals surface area contributed by atoms with Crippen LogP contribution in [0.4, 0.5) is 5.82 Å². The molecule has 0 aliphatic carbocycles. The molecule has 0 aromatic carbocycles. The van der Waals surface area contributed by atoms with Gasteiger partial charge in [-0.05, 0) is 20.3 Å². The highest BCUT2D eigenvalue weighted by Crippen LogP contribution is 2.25. The lowest BCUT2D eigenvalue weighted by atomic mass is 10.3. The van der Waals surface area contributed by atoms with Gasteiger partial charge in [0, 0.05) is 51.0 Å². The zero-order valence-corrected chi connectivity index (χ0v) is 16.4. The fraction of sp³-hybridized carbons (Fsp3) is 0.647. The third-order valence-electron chi connectivity index (χ3n) is 4.05. The van der Waals surface area contributed by atoms with Crippen LogP contribution in [-0.2, 0) is 11.8 Å². The lowest BCUT2D eigenvalue weighted by Gasteiger charge is -2.27. The minimum atomic E-state index is -0.269. The predicted molar refractivity (Wildman–Crippen MR) is 104 cm³/mol. The summed E-state index contributed by atoms with van der Waals surface area (Å²) < 4.78 is 7.20.